The molecule has 7 nitrogen and oxygen atoms in total. The van der Waals surface area contributed by atoms with Gasteiger partial charge in [0, 0.05) is 32.1 Å². The molecule has 3 rings (SSSR count). The Kier molecular flexibility index (Phi) is 6.04. The number of sulfonamides is 1. The van der Waals surface area contributed by atoms with Gasteiger partial charge in [-0.1, -0.05) is 37.0 Å². The lowest BCUT2D eigenvalue weighted by Gasteiger charge is -2.37. The molecule has 0 unspecified atom stereocenters. The van der Waals surface area contributed by atoms with Gasteiger partial charge in [-0.2, -0.15) is 0 Å². The highest BCUT2D eigenvalue weighted by Crippen LogP contribution is 2.25. The molecule has 1 aliphatic carbocycles. The molecule has 0 spiro atoms. The van der Waals surface area contributed by atoms with Crippen LogP contribution in [-0.4, -0.2) is 56.3 Å². The van der Waals surface area contributed by atoms with Crippen LogP contribution in [0.5, 0.6) is 0 Å². The molecule has 0 atom stereocenters. The molecule has 0 radical (unpaired) electrons. The summed E-state index contributed by atoms with van der Waals surface area (Å²) in [4.78, 5) is 28.3. The van der Waals surface area contributed by atoms with E-state index in [0.29, 0.717) is 26.2 Å². The van der Waals surface area contributed by atoms with E-state index in [-0.39, 0.29) is 16.7 Å². The average Bonchev–Trinajstić information content (AvgIpc) is 2.68. The molecule has 1 aliphatic heterocycles. The number of piperazine rings is 1. The summed E-state index contributed by atoms with van der Waals surface area (Å²) in [6.07, 6.45) is 5.32. The fourth-order valence-electron chi connectivity index (χ4n) is 3.69. The van der Waals surface area contributed by atoms with Crippen molar-refractivity contribution in [2.75, 3.05) is 26.2 Å². The monoisotopic (exact) mass is 393 g/mol. The molecular weight excluding hydrogens is 366 g/mol. The molecule has 0 bridgehead atoms. The number of carbonyl (C=O) groups excluding carboxylic acids is 2. The van der Waals surface area contributed by atoms with Gasteiger partial charge in [-0.3, -0.25) is 4.79 Å². The Bertz CT molecular complexity index is 778. The number of nitrogens with one attached hydrogen (secondary N) is 1. The van der Waals surface area contributed by atoms with Crippen LogP contribution < -0.4 is 4.72 Å². The van der Waals surface area contributed by atoms with Crippen molar-refractivity contribution >= 4 is 22.0 Å². The van der Waals surface area contributed by atoms with Crippen molar-refractivity contribution in [1.82, 2.24) is 14.5 Å². The van der Waals surface area contributed by atoms with E-state index >= 15 is 0 Å². The van der Waals surface area contributed by atoms with Gasteiger partial charge in [-0.15, -0.1) is 0 Å². The quantitative estimate of drug-likeness (QED) is 0.852. The molecule has 1 aromatic carbocycles. The summed E-state index contributed by atoms with van der Waals surface area (Å²) in [5.74, 6) is 0.295. The first-order valence-electron chi connectivity index (χ1n) is 9.54. The number of urea groups is 1. The molecule has 1 saturated carbocycles. The summed E-state index contributed by atoms with van der Waals surface area (Å²) < 4.78 is 26.8. The van der Waals surface area contributed by atoms with E-state index in [1.807, 2.05) is 11.8 Å². The predicted molar refractivity (Wildman–Crippen MR) is 102 cm³/mol. The second-order valence-electron chi connectivity index (χ2n) is 7.37. The molecule has 1 saturated heterocycles. The van der Waals surface area contributed by atoms with Crippen LogP contribution in [-0.2, 0) is 14.8 Å². The normalized spacial score (nSPS) is 19.0. The number of carbonyl (C=O) groups is 2. The summed E-state index contributed by atoms with van der Waals surface area (Å²) in [6.45, 7) is 3.45. The van der Waals surface area contributed by atoms with Crippen molar-refractivity contribution in [1.29, 1.82) is 0 Å². The topological polar surface area (TPSA) is 86.8 Å². The smallest absolute Gasteiger partial charge is 0.331 e. The zero-order valence-corrected chi connectivity index (χ0v) is 16.5. The van der Waals surface area contributed by atoms with Crippen LogP contribution in [0, 0.1) is 12.8 Å². The lowest BCUT2D eigenvalue weighted by molar-refractivity contribution is -0.138. The predicted octanol–water partition coefficient (Wildman–Crippen LogP) is 2.12. The Morgan fingerprint density at radius 1 is 0.926 bits per heavy atom. The first-order valence-corrected chi connectivity index (χ1v) is 11.0. The van der Waals surface area contributed by atoms with Gasteiger partial charge >= 0.3 is 6.03 Å². The molecule has 8 heteroatoms. The second kappa shape index (κ2) is 8.29. The van der Waals surface area contributed by atoms with E-state index in [2.05, 4.69) is 4.72 Å². The Labute approximate surface area is 160 Å². The summed E-state index contributed by atoms with van der Waals surface area (Å²) >= 11 is 0. The number of benzene rings is 1. The first-order chi connectivity index (χ1) is 12.9. The second-order valence-corrected chi connectivity index (χ2v) is 9.05. The van der Waals surface area contributed by atoms with E-state index in [1.54, 1.807) is 12.1 Å². The van der Waals surface area contributed by atoms with Gasteiger partial charge in [-0.25, -0.2) is 17.9 Å². The van der Waals surface area contributed by atoms with E-state index in [4.69, 9.17) is 0 Å². The zero-order chi connectivity index (χ0) is 19.4. The maximum absolute atomic E-state index is 12.6. The third kappa shape index (κ3) is 4.80. The van der Waals surface area contributed by atoms with Gasteiger partial charge in [0.25, 0.3) is 10.0 Å². The van der Waals surface area contributed by atoms with Crippen molar-refractivity contribution in [2.24, 2.45) is 5.92 Å². The number of amides is 3. The molecule has 2 fully saturated rings. The molecule has 148 valence electrons. The molecule has 2 aliphatic rings. The zero-order valence-electron chi connectivity index (χ0n) is 15.7. The van der Waals surface area contributed by atoms with Gasteiger partial charge in [0.05, 0.1) is 4.90 Å². The first kappa shape index (κ1) is 19.7. The van der Waals surface area contributed by atoms with Gasteiger partial charge in [0.15, 0.2) is 0 Å². The van der Waals surface area contributed by atoms with Gasteiger partial charge in [0.2, 0.25) is 5.91 Å². The highest BCUT2D eigenvalue weighted by Gasteiger charge is 2.30. The molecule has 0 aromatic heterocycles. The minimum atomic E-state index is -3.89. The third-order valence-corrected chi connectivity index (χ3v) is 6.72. The van der Waals surface area contributed by atoms with Crippen LogP contribution in [0.1, 0.15) is 37.7 Å². The van der Waals surface area contributed by atoms with Crippen molar-refractivity contribution in [3.05, 3.63) is 29.8 Å². The van der Waals surface area contributed by atoms with Crippen molar-refractivity contribution in [3.63, 3.8) is 0 Å². The van der Waals surface area contributed by atoms with E-state index in [1.165, 1.54) is 23.5 Å². The van der Waals surface area contributed by atoms with E-state index < -0.39 is 16.1 Å². The summed E-state index contributed by atoms with van der Waals surface area (Å²) in [7, 11) is -3.89. The van der Waals surface area contributed by atoms with E-state index in [9.17, 15) is 18.0 Å². The average molecular weight is 394 g/mol. The molecule has 1 aromatic rings. The van der Waals surface area contributed by atoms with Crippen molar-refractivity contribution in [2.45, 2.75) is 43.9 Å². The van der Waals surface area contributed by atoms with E-state index in [0.717, 1.165) is 31.2 Å². The van der Waals surface area contributed by atoms with Crippen LogP contribution in [0.2, 0.25) is 0 Å². The fourth-order valence-corrected chi connectivity index (χ4v) is 4.66. The highest BCUT2D eigenvalue weighted by molar-refractivity contribution is 7.90. The lowest BCUT2D eigenvalue weighted by Crippen LogP contribution is -2.54. The Hall–Kier alpha value is -2.09. The molecule has 1 heterocycles. The van der Waals surface area contributed by atoms with Crippen LogP contribution in [0.25, 0.3) is 0 Å². The Balaban J connectivity index is 1.53. The highest BCUT2D eigenvalue weighted by atomic mass is 32.2. The van der Waals surface area contributed by atoms with Crippen molar-refractivity contribution < 1.29 is 18.0 Å². The summed E-state index contributed by atoms with van der Waals surface area (Å²) in [6, 6.07) is 5.70. The summed E-state index contributed by atoms with van der Waals surface area (Å²) in [5.41, 5.74) is 0.944. The van der Waals surface area contributed by atoms with Crippen LogP contribution in [0.4, 0.5) is 4.79 Å². The van der Waals surface area contributed by atoms with Crippen LogP contribution in [0.3, 0.4) is 0 Å². The number of nitrogens with zero attached hydrogens (tertiary/aromatic N) is 2. The molecule has 1 N–H and O–H groups in total. The Morgan fingerprint density at radius 3 is 2.07 bits per heavy atom. The van der Waals surface area contributed by atoms with Crippen LogP contribution in [0.15, 0.2) is 29.2 Å². The SMILES string of the molecule is Cc1ccc(S(=O)(=O)NC(=O)N2CCN(C(=O)C3CCCCC3)CC2)cc1. The maximum atomic E-state index is 12.6. The van der Waals surface area contributed by atoms with Gasteiger partial charge in [-0.05, 0) is 31.9 Å². The number of aryl methyl sites for hydroxylation is 1. The van der Waals surface area contributed by atoms with Crippen LogP contribution >= 0.6 is 0 Å². The largest absolute Gasteiger partial charge is 0.339 e. The number of hydrogen-bond donors (Lipinski definition) is 1. The molecule has 3 amide bonds. The maximum Gasteiger partial charge on any atom is 0.331 e. The number of rotatable bonds is 3. The molecule has 27 heavy (non-hydrogen) atoms. The third-order valence-electron chi connectivity index (χ3n) is 5.39. The minimum absolute atomic E-state index is 0.0626. The fraction of sp³-hybridized carbons (Fsp3) is 0.579. The standard InChI is InChI=1S/C19H27N3O4S/c1-15-7-9-17(10-8-15)27(25,26)20-19(24)22-13-11-21(12-14-22)18(23)16-5-3-2-4-6-16/h7-10,16H,2-6,11-14H2,1H3,(H,20,24). The van der Waals surface area contributed by atoms with Gasteiger partial charge < -0.3 is 9.80 Å². The minimum Gasteiger partial charge on any atom is -0.339 e. The lowest BCUT2D eigenvalue weighted by atomic mass is 9.88. The van der Waals surface area contributed by atoms with Crippen molar-refractivity contribution in [3.8, 4) is 0 Å². The summed E-state index contributed by atoms with van der Waals surface area (Å²) in [5, 5.41) is 0. The number of hydrogen-bond acceptors (Lipinski definition) is 4. The Morgan fingerprint density at radius 2 is 1.48 bits per heavy atom. The molecular formula is C19H27N3O4S. The van der Waals surface area contributed by atoms with Gasteiger partial charge in [0.1, 0.15) is 0 Å².